The van der Waals surface area contributed by atoms with Crippen LogP contribution in [0.15, 0.2) is 6.33 Å². The van der Waals surface area contributed by atoms with Crippen molar-refractivity contribution < 1.29 is 0 Å². The van der Waals surface area contributed by atoms with Crippen molar-refractivity contribution in [3.8, 4) is 0 Å². The molecule has 1 N–H and O–H groups in total. The molecule has 0 aromatic carbocycles. The highest BCUT2D eigenvalue weighted by Gasteiger charge is 2.15. The lowest BCUT2D eigenvalue weighted by Crippen LogP contribution is -2.36. The highest BCUT2D eigenvalue weighted by atomic mass is 15.4. The van der Waals surface area contributed by atoms with Crippen LogP contribution >= 0.6 is 0 Å². The van der Waals surface area contributed by atoms with E-state index in [4.69, 9.17) is 0 Å². The SMILES string of the molecule is CC(C)CC(C)n1ncnc1CNC(C)(C)C. The molecule has 0 aliphatic heterocycles. The Kier molecular flexibility index (Phi) is 4.69. The number of hydrogen-bond acceptors (Lipinski definition) is 3. The van der Waals surface area contributed by atoms with Crippen LogP contribution in [0.5, 0.6) is 0 Å². The van der Waals surface area contributed by atoms with Gasteiger partial charge in [0.25, 0.3) is 0 Å². The van der Waals surface area contributed by atoms with Crippen molar-refractivity contribution in [1.82, 2.24) is 20.1 Å². The second-order valence-electron chi connectivity index (χ2n) is 6.20. The zero-order chi connectivity index (χ0) is 13.1. The fourth-order valence-electron chi connectivity index (χ4n) is 1.90. The summed E-state index contributed by atoms with van der Waals surface area (Å²) >= 11 is 0. The van der Waals surface area contributed by atoms with Gasteiger partial charge in [-0.1, -0.05) is 13.8 Å². The summed E-state index contributed by atoms with van der Waals surface area (Å²) in [6, 6.07) is 0.411. The lowest BCUT2D eigenvalue weighted by atomic mass is 10.1. The Labute approximate surface area is 105 Å². The van der Waals surface area contributed by atoms with Crippen LogP contribution in [0.25, 0.3) is 0 Å². The summed E-state index contributed by atoms with van der Waals surface area (Å²) in [5.41, 5.74) is 0.109. The molecule has 0 bridgehead atoms. The predicted molar refractivity (Wildman–Crippen MR) is 70.8 cm³/mol. The first-order chi connectivity index (χ1) is 7.79. The summed E-state index contributed by atoms with van der Waals surface area (Å²) in [6.07, 6.45) is 2.78. The Morgan fingerprint density at radius 2 is 1.94 bits per heavy atom. The molecular formula is C13H26N4. The van der Waals surface area contributed by atoms with Gasteiger partial charge in [0.1, 0.15) is 12.2 Å². The molecule has 0 spiro atoms. The van der Waals surface area contributed by atoms with Gasteiger partial charge in [0.05, 0.1) is 12.6 Å². The van der Waals surface area contributed by atoms with Crippen molar-refractivity contribution in [3.05, 3.63) is 12.2 Å². The van der Waals surface area contributed by atoms with Crippen LogP contribution in [0.2, 0.25) is 0 Å². The van der Waals surface area contributed by atoms with Gasteiger partial charge >= 0.3 is 0 Å². The number of hydrogen-bond donors (Lipinski definition) is 1. The minimum absolute atomic E-state index is 0.109. The minimum Gasteiger partial charge on any atom is -0.305 e. The van der Waals surface area contributed by atoms with Gasteiger partial charge in [0, 0.05) is 5.54 Å². The van der Waals surface area contributed by atoms with Gasteiger partial charge in [-0.2, -0.15) is 5.10 Å². The standard InChI is InChI=1S/C13H26N4/c1-10(2)7-11(3)17-12(14-9-16-17)8-15-13(4,5)6/h9-11,15H,7-8H2,1-6H3. The quantitative estimate of drug-likeness (QED) is 0.857. The van der Waals surface area contributed by atoms with E-state index in [1.54, 1.807) is 6.33 Å². The normalized spacial score (nSPS) is 14.3. The van der Waals surface area contributed by atoms with Crippen LogP contribution in [0.1, 0.15) is 59.8 Å². The third kappa shape index (κ3) is 4.86. The zero-order valence-electron chi connectivity index (χ0n) is 12.0. The van der Waals surface area contributed by atoms with E-state index in [0.717, 1.165) is 18.8 Å². The average molecular weight is 238 g/mol. The fraction of sp³-hybridized carbons (Fsp3) is 0.846. The molecule has 0 radical (unpaired) electrons. The van der Waals surface area contributed by atoms with E-state index in [0.29, 0.717) is 12.0 Å². The molecule has 0 aliphatic rings. The van der Waals surface area contributed by atoms with Crippen molar-refractivity contribution in [2.45, 2.75) is 66.1 Å². The number of aromatic nitrogens is 3. The molecule has 1 unspecified atom stereocenters. The Morgan fingerprint density at radius 1 is 1.29 bits per heavy atom. The van der Waals surface area contributed by atoms with Crippen molar-refractivity contribution >= 4 is 0 Å². The van der Waals surface area contributed by atoms with E-state index < -0.39 is 0 Å². The first kappa shape index (κ1) is 14.2. The molecule has 1 aromatic rings. The van der Waals surface area contributed by atoms with Crippen LogP contribution in [0.3, 0.4) is 0 Å². The maximum atomic E-state index is 4.34. The number of nitrogens with one attached hydrogen (secondary N) is 1. The largest absolute Gasteiger partial charge is 0.305 e. The summed E-state index contributed by atoms with van der Waals surface area (Å²) in [5.74, 6) is 1.70. The summed E-state index contributed by atoms with van der Waals surface area (Å²) in [7, 11) is 0. The topological polar surface area (TPSA) is 42.7 Å². The van der Waals surface area contributed by atoms with E-state index >= 15 is 0 Å². The molecular weight excluding hydrogens is 212 g/mol. The van der Waals surface area contributed by atoms with Crippen LogP contribution in [0, 0.1) is 5.92 Å². The molecule has 17 heavy (non-hydrogen) atoms. The lowest BCUT2D eigenvalue weighted by molar-refractivity contribution is 0.364. The van der Waals surface area contributed by atoms with Crippen molar-refractivity contribution in [3.63, 3.8) is 0 Å². The second-order valence-corrected chi connectivity index (χ2v) is 6.20. The molecule has 4 heteroatoms. The van der Waals surface area contributed by atoms with E-state index in [2.05, 4.69) is 56.9 Å². The average Bonchev–Trinajstić information content (AvgIpc) is 2.60. The van der Waals surface area contributed by atoms with Crippen molar-refractivity contribution in [2.24, 2.45) is 5.92 Å². The second kappa shape index (κ2) is 5.63. The zero-order valence-corrected chi connectivity index (χ0v) is 12.0. The fourth-order valence-corrected chi connectivity index (χ4v) is 1.90. The Morgan fingerprint density at radius 3 is 2.47 bits per heavy atom. The molecule has 1 rings (SSSR count). The molecule has 1 heterocycles. The monoisotopic (exact) mass is 238 g/mol. The molecule has 0 saturated carbocycles. The van der Waals surface area contributed by atoms with Gasteiger partial charge in [0.2, 0.25) is 0 Å². The smallest absolute Gasteiger partial charge is 0.141 e. The summed E-state index contributed by atoms with van der Waals surface area (Å²) in [6.45, 7) is 13.9. The predicted octanol–water partition coefficient (Wildman–Crippen LogP) is 2.77. The third-order valence-electron chi connectivity index (χ3n) is 2.65. The molecule has 4 nitrogen and oxygen atoms in total. The van der Waals surface area contributed by atoms with Gasteiger partial charge in [-0.3, -0.25) is 0 Å². The van der Waals surface area contributed by atoms with E-state index in [9.17, 15) is 0 Å². The first-order valence-corrected chi connectivity index (χ1v) is 6.43. The Balaban J connectivity index is 2.65. The molecule has 0 aliphatic carbocycles. The summed E-state index contributed by atoms with van der Waals surface area (Å²) in [5, 5.41) is 7.78. The summed E-state index contributed by atoms with van der Waals surface area (Å²) in [4.78, 5) is 4.34. The third-order valence-corrected chi connectivity index (χ3v) is 2.65. The molecule has 98 valence electrons. The van der Waals surface area contributed by atoms with E-state index in [1.165, 1.54) is 0 Å². The van der Waals surface area contributed by atoms with Crippen molar-refractivity contribution in [2.75, 3.05) is 0 Å². The number of nitrogens with zero attached hydrogens (tertiary/aromatic N) is 3. The number of rotatable bonds is 5. The van der Waals surface area contributed by atoms with Gasteiger partial charge in [-0.15, -0.1) is 0 Å². The maximum absolute atomic E-state index is 4.34. The van der Waals surface area contributed by atoms with E-state index in [1.807, 2.05) is 4.68 Å². The maximum Gasteiger partial charge on any atom is 0.141 e. The molecule has 0 saturated heterocycles. The van der Waals surface area contributed by atoms with Gasteiger partial charge in [-0.05, 0) is 40.0 Å². The van der Waals surface area contributed by atoms with Gasteiger partial charge in [-0.25, -0.2) is 9.67 Å². The van der Waals surface area contributed by atoms with Crippen LogP contribution in [0.4, 0.5) is 0 Å². The molecule has 1 aromatic heterocycles. The van der Waals surface area contributed by atoms with Gasteiger partial charge in [0.15, 0.2) is 0 Å². The minimum atomic E-state index is 0.109. The van der Waals surface area contributed by atoms with Crippen LogP contribution < -0.4 is 5.32 Å². The van der Waals surface area contributed by atoms with Crippen molar-refractivity contribution in [1.29, 1.82) is 0 Å². The highest BCUT2D eigenvalue weighted by Crippen LogP contribution is 2.17. The van der Waals surface area contributed by atoms with E-state index in [-0.39, 0.29) is 5.54 Å². The molecule has 0 fully saturated rings. The molecule has 1 atom stereocenters. The van der Waals surface area contributed by atoms with Gasteiger partial charge < -0.3 is 5.32 Å². The molecule has 0 amide bonds. The highest BCUT2D eigenvalue weighted by molar-refractivity contribution is 4.88. The van der Waals surface area contributed by atoms with Crippen LogP contribution in [-0.2, 0) is 6.54 Å². The lowest BCUT2D eigenvalue weighted by Gasteiger charge is -2.22. The first-order valence-electron chi connectivity index (χ1n) is 6.43. The summed E-state index contributed by atoms with van der Waals surface area (Å²) < 4.78 is 2.04. The Bertz CT molecular complexity index is 335. The Hall–Kier alpha value is -0.900. The van der Waals surface area contributed by atoms with Crippen LogP contribution in [-0.4, -0.2) is 20.3 Å².